The van der Waals surface area contributed by atoms with Gasteiger partial charge in [-0.05, 0) is 70.9 Å². The van der Waals surface area contributed by atoms with Crippen molar-refractivity contribution in [3.05, 3.63) is 62.6 Å². The highest BCUT2D eigenvalue weighted by Crippen LogP contribution is 2.29. The second-order valence-corrected chi connectivity index (χ2v) is 13.1. The van der Waals surface area contributed by atoms with E-state index in [1.54, 1.807) is 50.2 Å². The molecule has 0 saturated carbocycles. The van der Waals surface area contributed by atoms with Gasteiger partial charge in [-0.2, -0.15) is 0 Å². The molecule has 1 N–H and O–H groups in total. The number of rotatable bonds is 10. The van der Waals surface area contributed by atoms with E-state index in [1.807, 2.05) is 20.8 Å². The Morgan fingerprint density at radius 3 is 2.08 bits per heavy atom. The van der Waals surface area contributed by atoms with Crippen molar-refractivity contribution in [1.29, 1.82) is 0 Å². The fourth-order valence-corrected chi connectivity index (χ4v) is 5.46. The number of amides is 2. The zero-order valence-electron chi connectivity index (χ0n) is 21.9. The maximum absolute atomic E-state index is 13.4. The topological polar surface area (TPSA) is 86.8 Å². The molecule has 0 fully saturated rings. The van der Waals surface area contributed by atoms with Crippen LogP contribution in [-0.4, -0.2) is 49.5 Å². The summed E-state index contributed by atoms with van der Waals surface area (Å²) in [7, 11) is -3.63. The molecule has 7 nitrogen and oxygen atoms in total. The second kappa shape index (κ2) is 12.7. The molecule has 0 aliphatic heterocycles. The number of hydrogen-bond donors (Lipinski definition) is 1. The summed E-state index contributed by atoms with van der Waals surface area (Å²) >= 11 is 18.9. The number of halogens is 3. The third kappa shape index (κ3) is 8.77. The van der Waals surface area contributed by atoms with Gasteiger partial charge in [0.2, 0.25) is 21.8 Å². The standard InChI is InChI=1S/C26H34Cl3N3O4S/c1-17-20(27)10-8-13-23(17)32(37(6,35)36)15-9-14-24(33)31(18(2)25(34)30-26(3,4)5)16-19-21(28)11-7-12-22(19)29/h7-8,10-13,18H,9,14-16H2,1-6H3,(H,30,34)/t18-/m1/s1. The van der Waals surface area contributed by atoms with Crippen molar-refractivity contribution in [3.8, 4) is 0 Å². The average molecular weight is 591 g/mol. The lowest BCUT2D eigenvalue weighted by Gasteiger charge is -2.32. The van der Waals surface area contributed by atoms with Gasteiger partial charge >= 0.3 is 0 Å². The summed E-state index contributed by atoms with van der Waals surface area (Å²) in [6.07, 6.45) is 1.33. The van der Waals surface area contributed by atoms with Crippen LogP contribution in [0.15, 0.2) is 36.4 Å². The van der Waals surface area contributed by atoms with Crippen molar-refractivity contribution in [2.45, 2.75) is 65.6 Å². The van der Waals surface area contributed by atoms with Gasteiger partial charge in [-0.25, -0.2) is 8.42 Å². The van der Waals surface area contributed by atoms with Gasteiger partial charge in [-0.1, -0.05) is 46.9 Å². The Bertz CT molecular complexity index is 1230. The van der Waals surface area contributed by atoms with Crippen LogP contribution < -0.4 is 9.62 Å². The van der Waals surface area contributed by atoms with Crippen molar-refractivity contribution in [3.63, 3.8) is 0 Å². The van der Waals surface area contributed by atoms with E-state index in [2.05, 4.69) is 5.32 Å². The Morgan fingerprint density at radius 2 is 1.54 bits per heavy atom. The molecule has 0 unspecified atom stereocenters. The van der Waals surface area contributed by atoms with Gasteiger partial charge in [-0.15, -0.1) is 0 Å². The van der Waals surface area contributed by atoms with E-state index < -0.39 is 21.6 Å². The van der Waals surface area contributed by atoms with E-state index in [0.717, 1.165) is 6.26 Å². The minimum atomic E-state index is -3.63. The second-order valence-electron chi connectivity index (χ2n) is 9.96. The van der Waals surface area contributed by atoms with E-state index in [9.17, 15) is 18.0 Å². The third-order valence-corrected chi connectivity index (χ3v) is 8.01. The number of carbonyl (C=O) groups is 2. The molecule has 2 aromatic carbocycles. The SMILES string of the molecule is Cc1c(Cl)cccc1N(CCCC(=O)N(Cc1c(Cl)cccc1Cl)[C@H](C)C(=O)NC(C)(C)C)S(C)(=O)=O. The summed E-state index contributed by atoms with van der Waals surface area (Å²) in [6.45, 7) is 9.03. The molecule has 0 aliphatic carbocycles. The zero-order chi connectivity index (χ0) is 28.1. The molecule has 37 heavy (non-hydrogen) atoms. The van der Waals surface area contributed by atoms with E-state index >= 15 is 0 Å². The normalized spacial score (nSPS) is 12.7. The first kappa shape index (κ1) is 31.2. The summed E-state index contributed by atoms with van der Waals surface area (Å²) in [4.78, 5) is 27.8. The number of nitrogens with zero attached hydrogens (tertiary/aromatic N) is 2. The Morgan fingerprint density at radius 1 is 1.00 bits per heavy atom. The fourth-order valence-electron chi connectivity index (χ4n) is 3.76. The number of hydrogen-bond acceptors (Lipinski definition) is 4. The van der Waals surface area contributed by atoms with E-state index in [1.165, 1.54) is 9.21 Å². The molecule has 0 heterocycles. The lowest BCUT2D eigenvalue weighted by molar-refractivity contribution is -0.141. The highest BCUT2D eigenvalue weighted by molar-refractivity contribution is 7.92. The molecular weight excluding hydrogens is 557 g/mol. The van der Waals surface area contributed by atoms with Gasteiger partial charge < -0.3 is 10.2 Å². The molecule has 2 rings (SSSR count). The maximum Gasteiger partial charge on any atom is 0.242 e. The van der Waals surface area contributed by atoms with Crippen LogP contribution in [0.5, 0.6) is 0 Å². The summed E-state index contributed by atoms with van der Waals surface area (Å²) in [5.41, 5.74) is 1.12. The van der Waals surface area contributed by atoms with Crippen LogP contribution in [-0.2, 0) is 26.2 Å². The van der Waals surface area contributed by atoms with Crippen molar-refractivity contribution in [1.82, 2.24) is 10.2 Å². The number of benzene rings is 2. The number of sulfonamides is 1. The first-order chi connectivity index (χ1) is 17.0. The maximum atomic E-state index is 13.4. The van der Waals surface area contributed by atoms with Crippen LogP contribution in [0.2, 0.25) is 15.1 Å². The molecular formula is C26H34Cl3N3O4S. The number of anilines is 1. The van der Waals surface area contributed by atoms with Crippen LogP contribution in [0.25, 0.3) is 0 Å². The highest BCUT2D eigenvalue weighted by atomic mass is 35.5. The van der Waals surface area contributed by atoms with Crippen molar-refractivity contribution < 1.29 is 18.0 Å². The smallest absolute Gasteiger partial charge is 0.242 e. The first-order valence-corrected chi connectivity index (χ1v) is 14.8. The Hall–Kier alpha value is -2.00. The highest BCUT2D eigenvalue weighted by Gasteiger charge is 2.29. The van der Waals surface area contributed by atoms with Gasteiger partial charge in [0.05, 0.1) is 11.9 Å². The summed E-state index contributed by atoms with van der Waals surface area (Å²) in [5.74, 6) is -0.653. The van der Waals surface area contributed by atoms with E-state index in [4.69, 9.17) is 34.8 Å². The van der Waals surface area contributed by atoms with Gasteiger partial charge in [0.15, 0.2) is 0 Å². The van der Waals surface area contributed by atoms with Crippen LogP contribution in [0, 0.1) is 6.92 Å². The molecule has 0 spiro atoms. The van der Waals surface area contributed by atoms with Gasteiger partial charge in [0.25, 0.3) is 0 Å². The Kier molecular flexibility index (Phi) is 10.7. The predicted octanol–water partition coefficient (Wildman–Crippen LogP) is 5.83. The molecule has 0 radical (unpaired) electrons. The van der Waals surface area contributed by atoms with Crippen LogP contribution >= 0.6 is 34.8 Å². The molecule has 0 saturated heterocycles. The van der Waals surface area contributed by atoms with Crippen molar-refractivity contribution in [2.75, 3.05) is 17.1 Å². The zero-order valence-corrected chi connectivity index (χ0v) is 25.0. The molecule has 2 aromatic rings. The Balaban J connectivity index is 2.28. The minimum absolute atomic E-state index is 0.000836. The number of carbonyl (C=O) groups excluding carboxylic acids is 2. The molecule has 0 aliphatic rings. The molecule has 11 heteroatoms. The van der Waals surface area contributed by atoms with Gasteiger partial charge in [0, 0.05) is 45.7 Å². The molecule has 2 amide bonds. The lowest BCUT2D eigenvalue weighted by Crippen LogP contribution is -2.52. The molecule has 0 aromatic heterocycles. The average Bonchev–Trinajstić information content (AvgIpc) is 2.76. The number of nitrogens with one attached hydrogen (secondary N) is 1. The van der Waals surface area contributed by atoms with Crippen LogP contribution in [0.4, 0.5) is 5.69 Å². The molecule has 1 atom stereocenters. The van der Waals surface area contributed by atoms with Crippen LogP contribution in [0.1, 0.15) is 51.7 Å². The van der Waals surface area contributed by atoms with Crippen molar-refractivity contribution in [2.24, 2.45) is 0 Å². The van der Waals surface area contributed by atoms with Gasteiger partial charge in [0.1, 0.15) is 6.04 Å². The minimum Gasteiger partial charge on any atom is -0.350 e. The first-order valence-electron chi connectivity index (χ1n) is 11.8. The monoisotopic (exact) mass is 589 g/mol. The fraction of sp³-hybridized carbons (Fsp3) is 0.462. The van der Waals surface area contributed by atoms with Gasteiger partial charge in [-0.3, -0.25) is 13.9 Å². The third-order valence-electron chi connectivity index (χ3n) is 5.72. The summed E-state index contributed by atoms with van der Waals surface area (Å²) in [6, 6.07) is 9.26. The predicted molar refractivity (Wildman–Crippen MR) is 152 cm³/mol. The lowest BCUT2D eigenvalue weighted by atomic mass is 10.1. The van der Waals surface area contributed by atoms with Crippen LogP contribution in [0.3, 0.4) is 0 Å². The van der Waals surface area contributed by atoms with E-state index in [0.29, 0.717) is 31.9 Å². The molecule has 204 valence electrons. The summed E-state index contributed by atoms with van der Waals surface area (Å²) in [5, 5.41) is 4.11. The quantitative estimate of drug-likeness (QED) is 0.377. The summed E-state index contributed by atoms with van der Waals surface area (Å²) < 4.78 is 26.4. The largest absolute Gasteiger partial charge is 0.350 e. The molecule has 0 bridgehead atoms. The van der Waals surface area contributed by atoms with E-state index in [-0.39, 0.29) is 37.7 Å². The van der Waals surface area contributed by atoms with Crippen molar-refractivity contribution >= 4 is 62.3 Å². The Labute approximate surface area is 235 Å².